The predicted octanol–water partition coefficient (Wildman–Crippen LogP) is 4.68. The van der Waals surface area contributed by atoms with E-state index in [-0.39, 0.29) is 12.1 Å². The second kappa shape index (κ2) is 5.49. The molecule has 1 unspecified atom stereocenters. The monoisotopic (exact) mass is 315 g/mol. The van der Waals surface area contributed by atoms with Gasteiger partial charge in [-0.1, -0.05) is 23.7 Å². The lowest BCUT2D eigenvalue weighted by atomic mass is 9.77. The minimum absolute atomic E-state index is 0.0658. The summed E-state index contributed by atoms with van der Waals surface area (Å²) in [5, 5.41) is 14.2. The van der Waals surface area contributed by atoms with Crippen molar-refractivity contribution in [3.05, 3.63) is 58.6 Å². The zero-order chi connectivity index (χ0) is 15.1. The number of ether oxygens (including phenoxy) is 1. The summed E-state index contributed by atoms with van der Waals surface area (Å²) in [4.78, 5) is 0. The Morgan fingerprint density at radius 2 is 2.09 bits per heavy atom. The van der Waals surface area contributed by atoms with Gasteiger partial charge in [0.05, 0.1) is 12.1 Å². The van der Waals surface area contributed by atoms with E-state index in [0.717, 1.165) is 41.3 Å². The summed E-state index contributed by atoms with van der Waals surface area (Å²) >= 11 is 6.17. The number of fused-ring (bicyclic) bond motifs is 3. The van der Waals surface area contributed by atoms with Gasteiger partial charge in [0.15, 0.2) is 0 Å². The van der Waals surface area contributed by atoms with Crippen molar-refractivity contribution in [1.29, 1.82) is 0 Å². The Morgan fingerprint density at radius 3 is 2.95 bits per heavy atom. The van der Waals surface area contributed by atoms with Crippen LogP contribution in [-0.2, 0) is 4.74 Å². The number of aromatic hydroxyl groups is 1. The molecule has 0 aromatic heterocycles. The summed E-state index contributed by atoms with van der Waals surface area (Å²) in [6, 6.07) is 13.6. The molecule has 4 heteroatoms. The fourth-order valence-electron chi connectivity index (χ4n) is 3.69. The van der Waals surface area contributed by atoms with Gasteiger partial charge in [-0.3, -0.25) is 0 Å². The van der Waals surface area contributed by atoms with Crippen LogP contribution in [-0.4, -0.2) is 11.7 Å². The van der Waals surface area contributed by atoms with Crippen molar-refractivity contribution < 1.29 is 9.84 Å². The fraction of sp³-hybridized carbons (Fsp3) is 0.333. The highest BCUT2D eigenvalue weighted by Crippen LogP contribution is 2.49. The van der Waals surface area contributed by atoms with E-state index in [4.69, 9.17) is 16.3 Å². The predicted molar refractivity (Wildman–Crippen MR) is 87.3 cm³/mol. The molecule has 2 aliphatic heterocycles. The maximum Gasteiger partial charge on any atom is 0.115 e. The van der Waals surface area contributed by atoms with Crippen molar-refractivity contribution in [1.82, 2.24) is 0 Å². The van der Waals surface area contributed by atoms with Crippen LogP contribution in [0.25, 0.3) is 0 Å². The van der Waals surface area contributed by atoms with Gasteiger partial charge in [-0.05, 0) is 48.7 Å². The SMILES string of the molecule is Oc1cccc([C@@H]2Nc3ccc(Cl)cc3[C@H]3OCCCC32)c1. The lowest BCUT2D eigenvalue weighted by molar-refractivity contribution is -0.0381. The number of halogens is 1. The Kier molecular flexibility index (Phi) is 3.47. The maximum atomic E-state index is 9.79. The molecule has 2 aromatic rings. The summed E-state index contributed by atoms with van der Waals surface area (Å²) < 4.78 is 6.08. The normalized spacial score (nSPS) is 26.7. The molecule has 1 saturated heterocycles. The van der Waals surface area contributed by atoms with Crippen molar-refractivity contribution in [2.45, 2.75) is 25.0 Å². The van der Waals surface area contributed by atoms with E-state index in [9.17, 15) is 5.11 Å². The molecule has 2 aromatic carbocycles. The number of nitrogens with one attached hydrogen (secondary N) is 1. The molecule has 1 fully saturated rings. The second-order valence-electron chi connectivity index (χ2n) is 6.05. The van der Waals surface area contributed by atoms with Crippen molar-refractivity contribution in [3.63, 3.8) is 0 Å². The summed E-state index contributed by atoms with van der Waals surface area (Å²) in [5.41, 5.74) is 3.32. The van der Waals surface area contributed by atoms with Crippen LogP contribution in [0.4, 0.5) is 5.69 Å². The van der Waals surface area contributed by atoms with E-state index in [1.807, 2.05) is 30.3 Å². The van der Waals surface area contributed by atoms with Gasteiger partial charge < -0.3 is 15.2 Å². The van der Waals surface area contributed by atoms with Gasteiger partial charge in [0.25, 0.3) is 0 Å². The Balaban J connectivity index is 1.79. The van der Waals surface area contributed by atoms with Gasteiger partial charge >= 0.3 is 0 Å². The van der Waals surface area contributed by atoms with Gasteiger partial charge in [-0.2, -0.15) is 0 Å². The molecule has 3 nitrogen and oxygen atoms in total. The van der Waals surface area contributed by atoms with Gasteiger partial charge in [0, 0.05) is 28.8 Å². The third-order valence-electron chi connectivity index (χ3n) is 4.66. The molecule has 0 aliphatic carbocycles. The average Bonchev–Trinajstić information content (AvgIpc) is 2.54. The molecular weight excluding hydrogens is 298 g/mol. The standard InChI is InChI=1S/C18H18ClNO2/c19-12-6-7-16-15(10-12)18-14(5-2-8-22-18)17(20-16)11-3-1-4-13(21)9-11/h1,3-4,6-7,9-10,14,17-18,20-21H,2,5,8H2/t14?,17-,18-/m0/s1. The molecule has 4 rings (SSSR count). The van der Waals surface area contributed by atoms with Gasteiger partial charge in [-0.25, -0.2) is 0 Å². The topological polar surface area (TPSA) is 41.5 Å². The summed E-state index contributed by atoms with van der Waals surface area (Å²) in [6.45, 7) is 0.792. The zero-order valence-electron chi connectivity index (χ0n) is 12.1. The molecule has 2 aliphatic rings. The lowest BCUT2D eigenvalue weighted by Gasteiger charge is -2.43. The van der Waals surface area contributed by atoms with Crippen molar-refractivity contribution in [2.75, 3.05) is 11.9 Å². The summed E-state index contributed by atoms with van der Waals surface area (Å²) in [6.07, 6.45) is 2.23. The molecule has 22 heavy (non-hydrogen) atoms. The first kappa shape index (κ1) is 13.9. The van der Waals surface area contributed by atoms with Crippen molar-refractivity contribution >= 4 is 17.3 Å². The van der Waals surface area contributed by atoms with E-state index < -0.39 is 0 Å². The van der Waals surface area contributed by atoms with Crippen LogP contribution in [0, 0.1) is 5.92 Å². The molecule has 3 atom stereocenters. The second-order valence-corrected chi connectivity index (χ2v) is 6.48. The molecule has 0 saturated carbocycles. The highest BCUT2D eigenvalue weighted by molar-refractivity contribution is 6.30. The highest BCUT2D eigenvalue weighted by atomic mass is 35.5. The maximum absolute atomic E-state index is 9.79. The third kappa shape index (κ3) is 2.34. The van der Waals surface area contributed by atoms with Crippen LogP contribution in [0.15, 0.2) is 42.5 Å². The van der Waals surface area contributed by atoms with Crippen LogP contribution in [0.1, 0.15) is 36.1 Å². The Hall–Kier alpha value is -1.71. The van der Waals surface area contributed by atoms with Crippen LogP contribution < -0.4 is 5.32 Å². The minimum Gasteiger partial charge on any atom is -0.508 e. The number of hydrogen-bond acceptors (Lipinski definition) is 3. The number of rotatable bonds is 1. The van der Waals surface area contributed by atoms with Gasteiger partial charge in [-0.15, -0.1) is 0 Å². The zero-order valence-corrected chi connectivity index (χ0v) is 12.9. The molecule has 0 radical (unpaired) electrons. The number of hydrogen-bond donors (Lipinski definition) is 2. The summed E-state index contributed by atoms with van der Waals surface area (Å²) in [5.74, 6) is 0.649. The van der Waals surface area contributed by atoms with E-state index >= 15 is 0 Å². The quantitative estimate of drug-likeness (QED) is 0.803. The van der Waals surface area contributed by atoms with Gasteiger partial charge in [0.1, 0.15) is 5.75 Å². The van der Waals surface area contributed by atoms with Crippen LogP contribution in [0.2, 0.25) is 5.02 Å². The Morgan fingerprint density at radius 1 is 1.18 bits per heavy atom. The van der Waals surface area contributed by atoms with Crippen LogP contribution >= 0.6 is 11.6 Å². The largest absolute Gasteiger partial charge is 0.508 e. The smallest absolute Gasteiger partial charge is 0.115 e. The molecule has 114 valence electrons. The summed E-state index contributed by atoms with van der Waals surface area (Å²) in [7, 11) is 0. The third-order valence-corrected chi connectivity index (χ3v) is 4.89. The van der Waals surface area contributed by atoms with E-state index in [2.05, 4.69) is 11.4 Å². The molecule has 2 N–H and O–H groups in total. The van der Waals surface area contributed by atoms with E-state index in [1.165, 1.54) is 0 Å². The average molecular weight is 316 g/mol. The van der Waals surface area contributed by atoms with Crippen LogP contribution in [0.5, 0.6) is 5.75 Å². The molecule has 2 heterocycles. The first-order valence-electron chi connectivity index (χ1n) is 7.69. The van der Waals surface area contributed by atoms with Crippen molar-refractivity contribution in [3.8, 4) is 5.75 Å². The number of benzene rings is 2. The molecular formula is C18H18ClNO2. The van der Waals surface area contributed by atoms with Gasteiger partial charge in [0.2, 0.25) is 0 Å². The van der Waals surface area contributed by atoms with E-state index in [0.29, 0.717) is 11.7 Å². The van der Waals surface area contributed by atoms with Crippen LogP contribution in [0.3, 0.4) is 0 Å². The van der Waals surface area contributed by atoms with E-state index in [1.54, 1.807) is 6.07 Å². The first-order chi connectivity index (χ1) is 10.7. The Labute approximate surface area is 134 Å². The molecule has 0 amide bonds. The number of phenols is 1. The number of anilines is 1. The first-order valence-corrected chi connectivity index (χ1v) is 8.07. The highest BCUT2D eigenvalue weighted by Gasteiger charge is 2.39. The van der Waals surface area contributed by atoms with Crippen molar-refractivity contribution in [2.24, 2.45) is 5.92 Å². The number of phenolic OH excluding ortho intramolecular Hbond substituents is 1. The molecule has 0 bridgehead atoms. The fourth-order valence-corrected chi connectivity index (χ4v) is 3.87. The molecule has 0 spiro atoms. The lowest BCUT2D eigenvalue weighted by Crippen LogP contribution is -2.35. The Bertz CT molecular complexity index is 703. The minimum atomic E-state index is 0.0658.